The van der Waals surface area contributed by atoms with Crippen LogP contribution >= 0.6 is 0 Å². The quantitative estimate of drug-likeness (QED) is 0.122. The number of allylic oxidation sites excluding steroid dienone is 1. The minimum Gasteiger partial charge on any atom is -0.478 e. The Morgan fingerprint density at radius 1 is 0.579 bits per heavy atom. The number of hydrogen-bond acceptors (Lipinski definition) is 6. The van der Waals surface area contributed by atoms with Crippen molar-refractivity contribution in [1.29, 1.82) is 0 Å². The molecular formula is C30H20O8. The third kappa shape index (κ3) is 6.58. The van der Waals surface area contributed by atoms with Crippen molar-refractivity contribution in [2.24, 2.45) is 0 Å². The van der Waals surface area contributed by atoms with Crippen LogP contribution in [-0.4, -0.2) is 33.9 Å². The van der Waals surface area contributed by atoms with E-state index in [-0.39, 0.29) is 34.0 Å². The lowest BCUT2D eigenvalue weighted by Gasteiger charge is -2.09. The molecule has 38 heavy (non-hydrogen) atoms. The number of esters is 1. The number of ether oxygens (including phenoxy) is 2. The number of ketones is 1. The molecule has 0 unspecified atom stereocenters. The van der Waals surface area contributed by atoms with Gasteiger partial charge in [-0.1, -0.05) is 48.5 Å². The zero-order chi connectivity index (χ0) is 27.1. The van der Waals surface area contributed by atoms with Crippen LogP contribution in [0.15, 0.2) is 103 Å². The first kappa shape index (κ1) is 25.6. The largest absolute Gasteiger partial charge is 0.478 e. The van der Waals surface area contributed by atoms with E-state index in [1.54, 1.807) is 54.6 Å². The van der Waals surface area contributed by atoms with Crippen LogP contribution in [0, 0.1) is 0 Å². The van der Waals surface area contributed by atoms with Crippen molar-refractivity contribution < 1.29 is 38.9 Å². The zero-order valence-corrected chi connectivity index (χ0v) is 19.7. The Morgan fingerprint density at radius 2 is 1.16 bits per heavy atom. The summed E-state index contributed by atoms with van der Waals surface area (Å²) >= 11 is 0. The predicted molar refractivity (Wildman–Crippen MR) is 138 cm³/mol. The van der Waals surface area contributed by atoms with Crippen LogP contribution in [0.4, 0.5) is 0 Å². The van der Waals surface area contributed by atoms with Gasteiger partial charge >= 0.3 is 17.9 Å². The van der Waals surface area contributed by atoms with Gasteiger partial charge in [-0.05, 0) is 66.2 Å². The SMILES string of the molecule is O=C(O)c1cc(Oc2ccc(C(=O)Oc3ccc(/C=C/C(=O)c4ccccc4)cc3)cc2)cc(C(=O)O)c1. The van der Waals surface area contributed by atoms with Crippen LogP contribution in [0.1, 0.15) is 47.0 Å². The maximum Gasteiger partial charge on any atom is 0.343 e. The minimum atomic E-state index is -1.29. The van der Waals surface area contributed by atoms with E-state index in [1.807, 2.05) is 6.07 Å². The maximum atomic E-state index is 12.5. The molecule has 0 amide bonds. The molecule has 0 atom stereocenters. The number of carboxylic acid groups (broad SMARTS) is 2. The molecule has 8 heteroatoms. The highest BCUT2D eigenvalue weighted by Crippen LogP contribution is 2.25. The fraction of sp³-hybridized carbons (Fsp3) is 0. The van der Waals surface area contributed by atoms with Gasteiger partial charge in [0, 0.05) is 5.56 Å². The van der Waals surface area contributed by atoms with Gasteiger partial charge in [-0.15, -0.1) is 0 Å². The maximum absolute atomic E-state index is 12.5. The Morgan fingerprint density at radius 3 is 1.74 bits per heavy atom. The summed E-state index contributed by atoms with van der Waals surface area (Å²) in [5.41, 5.74) is 1.12. The van der Waals surface area contributed by atoms with Crippen LogP contribution in [0.3, 0.4) is 0 Å². The van der Waals surface area contributed by atoms with Crippen molar-refractivity contribution in [3.05, 3.63) is 131 Å². The van der Waals surface area contributed by atoms with Crippen LogP contribution < -0.4 is 9.47 Å². The highest BCUT2D eigenvalue weighted by Gasteiger charge is 2.14. The lowest BCUT2D eigenvalue weighted by Crippen LogP contribution is -2.08. The van der Waals surface area contributed by atoms with Gasteiger partial charge < -0.3 is 19.7 Å². The van der Waals surface area contributed by atoms with Crippen molar-refractivity contribution in [2.75, 3.05) is 0 Å². The molecule has 0 saturated heterocycles. The molecule has 0 aliphatic carbocycles. The van der Waals surface area contributed by atoms with E-state index in [0.29, 0.717) is 11.3 Å². The monoisotopic (exact) mass is 508 g/mol. The Hall–Kier alpha value is -5.50. The highest BCUT2D eigenvalue weighted by atomic mass is 16.5. The van der Waals surface area contributed by atoms with Crippen molar-refractivity contribution in [3.63, 3.8) is 0 Å². The average Bonchev–Trinajstić information content (AvgIpc) is 2.93. The second-order valence-corrected chi connectivity index (χ2v) is 8.00. The number of aromatic carboxylic acids is 2. The second kappa shape index (κ2) is 11.5. The van der Waals surface area contributed by atoms with E-state index < -0.39 is 17.9 Å². The van der Waals surface area contributed by atoms with Gasteiger partial charge in [-0.2, -0.15) is 0 Å². The summed E-state index contributed by atoms with van der Waals surface area (Å²) in [6, 6.07) is 24.8. The summed E-state index contributed by atoms with van der Waals surface area (Å²) in [5.74, 6) is -2.71. The number of carboxylic acids is 2. The van der Waals surface area contributed by atoms with E-state index >= 15 is 0 Å². The molecule has 0 aromatic heterocycles. The van der Waals surface area contributed by atoms with Crippen LogP contribution in [0.25, 0.3) is 6.08 Å². The Labute approximate surface area is 217 Å². The Balaban J connectivity index is 1.38. The summed E-state index contributed by atoms with van der Waals surface area (Å²) in [4.78, 5) is 47.2. The Kier molecular flexibility index (Phi) is 7.74. The lowest BCUT2D eigenvalue weighted by molar-refractivity contribution is 0.0692. The number of carbonyl (C=O) groups is 4. The van der Waals surface area contributed by atoms with E-state index in [9.17, 15) is 29.4 Å². The van der Waals surface area contributed by atoms with Crippen LogP contribution in [-0.2, 0) is 0 Å². The third-order valence-corrected chi connectivity index (χ3v) is 5.30. The second-order valence-electron chi connectivity index (χ2n) is 8.00. The molecule has 0 bridgehead atoms. The lowest BCUT2D eigenvalue weighted by atomic mass is 10.1. The van der Waals surface area contributed by atoms with Gasteiger partial charge in [0.2, 0.25) is 0 Å². The normalized spacial score (nSPS) is 10.6. The number of hydrogen-bond donors (Lipinski definition) is 2. The first-order valence-electron chi connectivity index (χ1n) is 11.3. The van der Waals surface area contributed by atoms with Crippen LogP contribution in [0.2, 0.25) is 0 Å². The fourth-order valence-electron chi connectivity index (χ4n) is 3.38. The van der Waals surface area contributed by atoms with Crippen molar-refractivity contribution in [2.45, 2.75) is 0 Å². The van der Waals surface area contributed by atoms with Gasteiger partial charge in [-0.25, -0.2) is 14.4 Å². The van der Waals surface area contributed by atoms with Gasteiger partial charge in [0.1, 0.15) is 17.2 Å². The van der Waals surface area contributed by atoms with Gasteiger partial charge in [0.05, 0.1) is 16.7 Å². The molecule has 188 valence electrons. The Bertz CT molecular complexity index is 1490. The van der Waals surface area contributed by atoms with E-state index in [0.717, 1.165) is 11.6 Å². The highest BCUT2D eigenvalue weighted by molar-refractivity contribution is 6.06. The molecule has 0 aliphatic heterocycles. The van der Waals surface area contributed by atoms with Crippen molar-refractivity contribution >= 4 is 29.8 Å². The van der Waals surface area contributed by atoms with Gasteiger partial charge in [-0.3, -0.25) is 4.79 Å². The topological polar surface area (TPSA) is 127 Å². The predicted octanol–water partition coefficient (Wildman–Crippen LogP) is 5.99. The molecular weight excluding hydrogens is 488 g/mol. The molecule has 4 aromatic rings. The average molecular weight is 508 g/mol. The molecule has 0 heterocycles. The summed E-state index contributed by atoms with van der Waals surface area (Å²) in [6.45, 7) is 0. The molecule has 0 fully saturated rings. The molecule has 0 radical (unpaired) electrons. The van der Waals surface area contributed by atoms with E-state index in [2.05, 4.69) is 0 Å². The number of carbonyl (C=O) groups excluding carboxylic acids is 2. The fourth-order valence-corrected chi connectivity index (χ4v) is 3.38. The standard InChI is InChI=1S/C30H20O8/c31-27(20-4-2-1-3-5-20)15-8-19-6-11-25(12-7-19)38-30(36)21-9-13-24(14-10-21)37-26-17-22(28(32)33)16-23(18-26)29(34)35/h1-18H,(H,32,33)(H,34,35)/b15-8+. The number of benzene rings is 4. The van der Waals surface area contributed by atoms with Gasteiger partial charge in [0.15, 0.2) is 5.78 Å². The third-order valence-electron chi connectivity index (χ3n) is 5.30. The molecule has 4 rings (SSSR count). The zero-order valence-electron chi connectivity index (χ0n) is 19.7. The smallest absolute Gasteiger partial charge is 0.343 e. The first-order valence-corrected chi connectivity index (χ1v) is 11.3. The summed E-state index contributed by atoms with van der Waals surface area (Å²) in [5, 5.41) is 18.4. The first-order chi connectivity index (χ1) is 18.3. The summed E-state index contributed by atoms with van der Waals surface area (Å²) in [7, 11) is 0. The van der Waals surface area contributed by atoms with Crippen molar-refractivity contribution in [1.82, 2.24) is 0 Å². The van der Waals surface area contributed by atoms with Gasteiger partial charge in [0.25, 0.3) is 0 Å². The minimum absolute atomic E-state index is 0.0252. The van der Waals surface area contributed by atoms with E-state index in [1.165, 1.54) is 42.5 Å². The molecule has 2 N–H and O–H groups in total. The van der Waals surface area contributed by atoms with E-state index in [4.69, 9.17) is 9.47 Å². The molecule has 8 nitrogen and oxygen atoms in total. The molecule has 0 saturated carbocycles. The van der Waals surface area contributed by atoms with Crippen LogP contribution in [0.5, 0.6) is 17.2 Å². The molecule has 4 aromatic carbocycles. The molecule has 0 spiro atoms. The van der Waals surface area contributed by atoms with Crippen molar-refractivity contribution in [3.8, 4) is 17.2 Å². The number of rotatable bonds is 9. The summed E-state index contributed by atoms with van der Waals surface area (Å²) < 4.78 is 11.0. The molecule has 0 aliphatic rings. The summed E-state index contributed by atoms with van der Waals surface area (Å²) in [6.07, 6.45) is 3.14.